The summed E-state index contributed by atoms with van der Waals surface area (Å²) in [5.74, 6) is -2.11. The normalized spacial score (nSPS) is 13.2. The molecule has 4 N–H and O–H groups in total. The van der Waals surface area contributed by atoms with Crippen LogP contribution in [0.3, 0.4) is 0 Å². The first-order valence-electron chi connectivity index (χ1n) is 6.24. The highest BCUT2D eigenvalue weighted by atomic mass is 16.4. The van der Waals surface area contributed by atoms with Crippen LogP contribution in [0, 0.1) is 0 Å². The highest BCUT2D eigenvalue weighted by Gasteiger charge is 2.18. The number of carboxylic acid groups (broad SMARTS) is 1. The number of nitrogens with one attached hydrogen (secondary N) is 3. The van der Waals surface area contributed by atoms with E-state index in [9.17, 15) is 19.2 Å². The summed E-state index contributed by atoms with van der Waals surface area (Å²) in [6, 6.07) is -1.28. The molecule has 8 nitrogen and oxygen atoms in total. The number of hydrogen-bond acceptors (Lipinski definition) is 5. The molecule has 0 unspecified atom stereocenters. The van der Waals surface area contributed by atoms with Gasteiger partial charge in [0.15, 0.2) is 5.78 Å². The van der Waals surface area contributed by atoms with Crippen LogP contribution in [0.1, 0.15) is 26.7 Å². The Labute approximate surface area is 117 Å². The van der Waals surface area contributed by atoms with E-state index in [1.54, 1.807) is 6.92 Å². The van der Waals surface area contributed by atoms with Gasteiger partial charge in [0, 0.05) is 6.42 Å². The van der Waals surface area contributed by atoms with Crippen LogP contribution in [0.5, 0.6) is 0 Å². The minimum atomic E-state index is -0.994. The molecule has 0 spiro atoms. The van der Waals surface area contributed by atoms with E-state index >= 15 is 0 Å². The number of amides is 2. The summed E-state index contributed by atoms with van der Waals surface area (Å²) in [6.07, 6.45) is -0.0182. The maximum Gasteiger partial charge on any atom is 0.303 e. The number of ketones is 1. The highest BCUT2D eigenvalue weighted by molar-refractivity contribution is 5.90. The van der Waals surface area contributed by atoms with Crippen LogP contribution in [0.2, 0.25) is 0 Å². The highest BCUT2D eigenvalue weighted by Crippen LogP contribution is 1.97. The van der Waals surface area contributed by atoms with E-state index in [1.165, 1.54) is 14.0 Å². The Bertz CT molecular complexity index is 383. The summed E-state index contributed by atoms with van der Waals surface area (Å²) in [7, 11) is 1.53. The Hall–Kier alpha value is -1.96. The summed E-state index contributed by atoms with van der Waals surface area (Å²) in [5, 5.41) is 16.0. The molecule has 114 valence electrons. The number of aliphatic carboxylic acids is 1. The van der Waals surface area contributed by atoms with Crippen LogP contribution in [-0.4, -0.2) is 54.3 Å². The molecule has 0 aromatic heterocycles. The topological polar surface area (TPSA) is 125 Å². The van der Waals surface area contributed by atoms with Gasteiger partial charge in [0.2, 0.25) is 11.8 Å². The molecule has 0 aliphatic heterocycles. The van der Waals surface area contributed by atoms with Gasteiger partial charge in [-0.05, 0) is 27.3 Å². The number of Topliss-reactive ketones (excluding diaryl/α,β-unsaturated/α-hetero) is 1. The van der Waals surface area contributed by atoms with E-state index in [0.29, 0.717) is 0 Å². The number of carbonyl (C=O) groups is 4. The van der Waals surface area contributed by atoms with Crippen LogP contribution < -0.4 is 16.0 Å². The Morgan fingerprint density at radius 1 is 1.20 bits per heavy atom. The zero-order chi connectivity index (χ0) is 15.7. The lowest BCUT2D eigenvalue weighted by Crippen LogP contribution is -2.48. The summed E-state index contributed by atoms with van der Waals surface area (Å²) in [4.78, 5) is 44.5. The van der Waals surface area contributed by atoms with Crippen molar-refractivity contribution in [3.63, 3.8) is 0 Å². The molecule has 8 heteroatoms. The van der Waals surface area contributed by atoms with Gasteiger partial charge in [-0.3, -0.25) is 19.2 Å². The van der Waals surface area contributed by atoms with Gasteiger partial charge in [-0.1, -0.05) is 0 Å². The molecule has 0 rings (SSSR count). The zero-order valence-electron chi connectivity index (χ0n) is 11.9. The van der Waals surface area contributed by atoms with Crippen LogP contribution in [0.4, 0.5) is 0 Å². The second-order valence-electron chi connectivity index (χ2n) is 4.39. The maximum atomic E-state index is 11.7. The first kappa shape index (κ1) is 18.0. The largest absolute Gasteiger partial charge is 0.481 e. The molecular formula is C12H21N3O5. The van der Waals surface area contributed by atoms with E-state index in [0.717, 1.165) is 0 Å². The standard InChI is InChI=1S/C12H21N3O5/c1-7(8(2)16)15-10(17)6-14-12(20)9(13-3)4-5-11(18)19/h7,9,13H,4-6H2,1-3H3,(H,14,20)(H,15,17)(H,18,19)/t7-,9-/m1/s1. The molecule has 0 aromatic carbocycles. The fourth-order valence-electron chi connectivity index (χ4n) is 1.36. The van der Waals surface area contributed by atoms with Crippen molar-refractivity contribution in [1.29, 1.82) is 0 Å². The molecule has 0 saturated heterocycles. The van der Waals surface area contributed by atoms with Crippen molar-refractivity contribution in [2.45, 2.75) is 38.8 Å². The molecule has 0 fully saturated rings. The Morgan fingerprint density at radius 2 is 1.80 bits per heavy atom. The van der Waals surface area contributed by atoms with Gasteiger partial charge in [0.05, 0.1) is 18.6 Å². The monoisotopic (exact) mass is 287 g/mol. The molecule has 0 aliphatic carbocycles. The average molecular weight is 287 g/mol. The van der Waals surface area contributed by atoms with E-state index in [2.05, 4.69) is 16.0 Å². The van der Waals surface area contributed by atoms with Crippen LogP contribution in [-0.2, 0) is 19.2 Å². The molecule has 2 atom stereocenters. The smallest absolute Gasteiger partial charge is 0.303 e. The Kier molecular flexibility index (Phi) is 8.14. The van der Waals surface area contributed by atoms with E-state index in [4.69, 9.17) is 5.11 Å². The van der Waals surface area contributed by atoms with Crippen LogP contribution in [0.15, 0.2) is 0 Å². The second-order valence-corrected chi connectivity index (χ2v) is 4.39. The van der Waals surface area contributed by atoms with Gasteiger partial charge >= 0.3 is 5.97 Å². The predicted octanol–water partition coefficient (Wildman–Crippen LogP) is -1.35. The Morgan fingerprint density at radius 3 is 2.25 bits per heavy atom. The fourth-order valence-corrected chi connectivity index (χ4v) is 1.36. The molecule has 0 aliphatic rings. The molecule has 0 saturated carbocycles. The summed E-state index contributed by atoms with van der Waals surface area (Å²) in [5.41, 5.74) is 0. The van der Waals surface area contributed by atoms with Gasteiger partial charge in [-0.15, -0.1) is 0 Å². The SMILES string of the molecule is CN[C@H](CCC(=O)O)C(=O)NCC(=O)N[C@H](C)C(C)=O. The third-order valence-electron chi connectivity index (χ3n) is 2.72. The van der Waals surface area contributed by atoms with Crippen molar-refractivity contribution in [2.75, 3.05) is 13.6 Å². The molecule has 0 radical (unpaired) electrons. The lowest BCUT2D eigenvalue weighted by atomic mass is 10.1. The molecule has 0 aromatic rings. The third-order valence-corrected chi connectivity index (χ3v) is 2.72. The van der Waals surface area contributed by atoms with Gasteiger partial charge in [-0.2, -0.15) is 0 Å². The third kappa shape index (κ3) is 7.47. The molecule has 20 heavy (non-hydrogen) atoms. The van der Waals surface area contributed by atoms with Gasteiger partial charge in [0.25, 0.3) is 0 Å². The average Bonchev–Trinajstić information content (AvgIpc) is 2.36. The minimum Gasteiger partial charge on any atom is -0.481 e. The molecule has 2 amide bonds. The number of carboxylic acids is 1. The van der Waals surface area contributed by atoms with Gasteiger partial charge in [0.1, 0.15) is 0 Å². The van der Waals surface area contributed by atoms with Gasteiger partial charge < -0.3 is 21.1 Å². The summed E-state index contributed by atoms with van der Waals surface area (Å²) < 4.78 is 0. The van der Waals surface area contributed by atoms with E-state index in [1.807, 2.05) is 0 Å². The number of rotatable bonds is 9. The van der Waals surface area contributed by atoms with Crippen molar-refractivity contribution in [1.82, 2.24) is 16.0 Å². The summed E-state index contributed by atoms with van der Waals surface area (Å²) in [6.45, 7) is 2.64. The van der Waals surface area contributed by atoms with Crippen LogP contribution in [0.25, 0.3) is 0 Å². The maximum absolute atomic E-state index is 11.7. The number of hydrogen-bond donors (Lipinski definition) is 4. The number of carbonyl (C=O) groups excluding carboxylic acids is 3. The van der Waals surface area contributed by atoms with Gasteiger partial charge in [-0.25, -0.2) is 0 Å². The lowest BCUT2D eigenvalue weighted by Gasteiger charge is -2.16. The zero-order valence-corrected chi connectivity index (χ0v) is 11.9. The number of likely N-dealkylation sites (N-methyl/N-ethyl adjacent to an activating group) is 1. The predicted molar refractivity (Wildman–Crippen MR) is 71.0 cm³/mol. The van der Waals surface area contributed by atoms with Crippen molar-refractivity contribution in [3.8, 4) is 0 Å². The van der Waals surface area contributed by atoms with E-state index < -0.39 is 29.9 Å². The van der Waals surface area contributed by atoms with Crippen molar-refractivity contribution < 1.29 is 24.3 Å². The quantitative estimate of drug-likeness (QED) is 0.415. The first-order chi connectivity index (χ1) is 9.27. The summed E-state index contributed by atoms with van der Waals surface area (Å²) >= 11 is 0. The molecule has 0 heterocycles. The molecule has 0 bridgehead atoms. The van der Waals surface area contributed by atoms with Crippen LogP contribution >= 0.6 is 0 Å². The van der Waals surface area contributed by atoms with Crippen molar-refractivity contribution >= 4 is 23.6 Å². The fraction of sp³-hybridized carbons (Fsp3) is 0.667. The lowest BCUT2D eigenvalue weighted by molar-refractivity contribution is -0.137. The van der Waals surface area contributed by atoms with Crippen molar-refractivity contribution in [3.05, 3.63) is 0 Å². The Balaban J connectivity index is 4.15. The van der Waals surface area contributed by atoms with E-state index in [-0.39, 0.29) is 25.2 Å². The second kappa shape index (κ2) is 9.03. The van der Waals surface area contributed by atoms with Crippen molar-refractivity contribution in [2.24, 2.45) is 0 Å². The minimum absolute atomic E-state index is 0.128. The molecular weight excluding hydrogens is 266 g/mol. The first-order valence-corrected chi connectivity index (χ1v) is 6.24.